The van der Waals surface area contributed by atoms with Crippen LogP contribution in [0, 0.1) is 23.5 Å². The van der Waals surface area contributed by atoms with E-state index in [4.69, 9.17) is 4.74 Å². The molecule has 6 nitrogen and oxygen atoms in total. The number of rotatable bonds is 11. The Morgan fingerprint density at radius 2 is 2.00 bits per heavy atom. The maximum Gasteiger partial charge on any atom is 0.303 e. The first-order valence-corrected chi connectivity index (χ1v) is 13.5. The van der Waals surface area contributed by atoms with Crippen LogP contribution in [0.25, 0.3) is 10.9 Å². The molecule has 2 aromatic carbocycles. The molecular formula is C28H32F2N2O4S. The number of benzene rings is 2. The van der Waals surface area contributed by atoms with Crippen LogP contribution in [0.3, 0.4) is 0 Å². The van der Waals surface area contributed by atoms with E-state index in [1.54, 1.807) is 13.3 Å². The fraction of sp³-hybridized carbons (Fsp3) is 0.429. The molecule has 2 N–H and O–H groups in total. The highest BCUT2D eigenvalue weighted by Gasteiger charge is 2.31. The van der Waals surface area contributed by atoms with Crippen LogP contribution in [0.2, 0.25) is 0 Å². The Balaban J connectivity index is 1.35. The molecule has 9 heteroatoms. The van der Waals surface area contributed by atoms with Gasteiger partial charge in [-0.3, -0.25) is 9.78 Å². The van der Waals surface area contributed by atoms with Gasteiger partial charge in [0.1, 0.15) is 17.4 Å². The number of nitrogens with zero attached hydrogens (tertiary/aromatic N) is 2. The van der Waals surface area contributed by atoms with E-state index in [0.717, 1.165) is 41.2 Å². The summed E-state index contributed by atoms with van der Waals surface area (Å²) in [5, 5.41) is 21.4. The Labute approximate surface area is 219 Å². The van der Waals surface area contributed by atoms with Gasteiger partial charge in [0.25, 0.3) is 0 Å². The van der Waals surface area contributed by atoms with Crippen LogP contribution < -0.4 is 4.74 Å². The highest BCUT2D eigenvalue weighted by Crippen LogP contribution is 2.35. The number of methoxy groups -OCH3 is 1. The zero-order valence-corrected chi connectivity index (χ0v) is 21.6. The van der Waals surface area contributed by atoms with Gasteiger partial charge in [-0.25, -0.2) is 8.78 Å². The molecule has 3 aromatic rings. The Kier molecular flexibility index (Phi) is 9.34. The van der Waals surface area contributed by atoms with Crippen LogP contribution in [-0.2, 0) is 4.79 Å². The first kappa shape index (κ1) is 27.3. The molecule has 1 aliphatic heterocycles. The van der Waals surface area contributed by atoms with Gasteiger partial charge in [0.15, 0.2) is 0 Å². The topological polar surface area (TPSA) is 82.9 Å². The second-order valence-electron chi connectivity index (χ2n) is 9.48. The molecule has 1 aromatic heterocycles. The fourth-order valence-corrected chi connectivity index (χ4v) is 6.15. The summed E-state index contributed by atoms with van der Waals surface area (Å²) in [4.78, 5) is 18.2. The number of carboxylic acids is 1. The van der Waals surface area contributed by atoms with Crippen LogP contribution in [0.5, 0.6) is 5.75 Å². The van der Waals surface area contributed by atoms with Crippen molar-refractivity contribution in [2.24, 2.45) is 11.8 Å². The quantitative estimate of drug-likeness (QED) is 0.315. The van der Waals surface area contributed by atoms with E-state index in [9.17, 15) is 23.8 Å². The maximum absolute atomic E-state index is 13.9. The van der Waals surface area contributed by atoms with Crippen molar-refractivity contribution in [3.05, 3.63) is 65.9 Å². The number of carbonyl (C=O) groups is 1. The molecule has 0 amide bonds. The van der Waals surface area contributed by atoms with Gasteiger partial charge in [-0.1, -0.05) is 6.07 Å². The molecule has 0 aliphatic carbocycles. The van der Waals surface area contributed by atoms with Crippen LogP contribution in [-0.4, -0.2) is 58.6 Å². The lowest BCUT2D eigenvalue weighted by Gasteiger charge is -2.38. The van der Waals surface area contributed by atoms with Crippen LogP contribution >= 0.6 is 11.8 Å². The van der Waals surface area contributed by atoms with Crippen molar-refractivity contribution in [1.82, 2.24) is 9.88 Å². The number of piperidine rings is 1. The summed E-state index contributed by atoms with van der Waals surface area (Å²) in [6.07, 6.45) is 3.07. The molecular weight excluding hydrogens is 498 g/mol. The molecule has 37 heavy (non-hydrogen) atoms. The number of thioether (sulfide) groups is 1. The van der Waals surface area contributed by atoms with Gasteiger partial charge >= 0.3 is 5.97 Å². The van der Waals surface area contributed by atoms with Crippen LogP contribution in [0.15, 0.2) is 53.6 Å². The van der Waals surface area contributed by atoms with E-state index in [1.165, 1.54) is 18.2 Å². The number of aliphatic hydroxyl groups is 1. The third-order valence-corrected chi connectivity index (χ3v) is 8.20. The van der Waals surface area contributed by atoms with Gasteiger partial charge in [-0.05, 0) is 79.6 Å². The smallest absolute Gasteiger partial charge is 0.303 e. The number of hydrogen-bond acceptors (Lipinski definition) is 6. The van der Waals surface area contributed by atoms with Crippen molar-refractivity contribution >= 4 is 28.6 Å². The van der Waals surface area contributed by atoms with Gasteiger partial charge in [0.05, 0.1) is 23.6 Å². The fourth-order valence-electron chi connectivity index (χ4n) is 5.18. The minimum Gasteiger partial charge on any atom is -0.497 e. The van der Waals surface area contributed by atoms with Gasteiger partial charge in [0.2, 0.25) is 0 Å². The van der Waals surface area contributed by atoms with Crippen molar-refractivity contribution in [1.29, 1.82) is 0 Å². The van der Waals surface area contributed by atoms with Crippen molar-refractivity contribution in [3.63, 3.8) is 0 Å². The predicted octanol–water partition coefficient (Wildman–Crippen LogP) is 5.54. The van der Waals surface area contributed by atoms with E-state index in [0.29, 0.717) is 37.4 Å². The van der Waals surface area contributed by atoms with Gasteiger partial charge in [0, 0.05) is 36.8 Å². The van der Waals surface area contributed by atoms with Crippen LogP contribution in [0.1, 0.15) is 37.4 Å². The summed E-state index contributed by atoms with van der Waals surface area (Å²) in [5.74, 6) is -0.646. The average Bonchev–Trinajstić information content (AvgIpc) is 2.88. The third-order valence-electron chi connectivity index (χ3n) is 7.14. The predicted molar refractivity (Wildman–Crippen MR) is 140 cm³/mol. The van der Waals surface area contributed by atoms with Crippen LogP contribution in [0.4, 0.5) is 8.78 Å². The maximum atomic E-state index is 13.9. The minimum absolute atomic E-state index is 0.0229. The highest BCUT2D eigenvalue weighted by molar-refractivity contribution is 7.99. The molecule has 198 valence electrons. The Morgan fingerprint density at radius 1 is 1.22 bits per heavy atom. The minimum atomic E-state index is -0.840. The van der Waals surface area contributed by atoms with Gasteiger partial charge in [-0.15, -0.1) is 11.8 Å². The standard InChI is InChI=1S/C28H32F2N2O4S/c1-36-20-6-7-25-22(16-20)21(9-11-31-25)26(33)8-5-18-10-12-32(17-19(18)15-27(34)35)13-14-37-28-23(29)3-2-4-24(28)30/h2-4,6-7,9,11,16,18-19,26,33H,5,8,10,12-15,17H2,1H3,(H,34,35)/t18-,19+,26-/m1/s1. The number of likely N-dealkylation sites (tertiary alicyclic amines) is 1. The van der Waals surface area contributed by atoms with Crippen molar-refractivity contribution < 1.29 is 28.5 Å². The molecule has 3 atom stereocenters. The molecule has 1 saturated heterocycles. The van der Waals surface area contributed by atoms with E-state index < -0.39 is 23.7 Å². The Hall–Kier alpha value is -2.75. The zero-order valence-electron chi connectivity index (χ0n) is 20.8. The van der Waals surface area contributed by atoms with E-state index in [1.807, 2.05) is 24.3 Å². The number of pyridine rings is 1. The molecule has 0 radical (unpaired) electrons. The number of aromatic nitrogens is 1. The number of hydrogen-bond donors (Lipinski definition) is 2. The number of aliphatic carboxylic acids is 1. The molecule has 1 fully saturated rings. The average molecular weight is 531 g/mol. The monoisotopic (exact) mass is 530 g/mol. The number of ether oxygens (including phenoxy) is 1. The number of halogens is 2. The summed E-state index contributed by atoms with van der Waals surface area (Å²) in [6.45, 7) is 2.02. The molecule has 0 spiro atoms. The molecule has 0 saturated carbocycles. The SMILES string of the molecule is COc1ccc2nccc([C@H](O)CC[C@@H]3CCN(CCSc4c(F)cccc4F)C[C@@H]3CC(=O)O)c2c1. The third kappa shape index (κ3) is 6.97. The van der Waals surface area contributed by atoms with E-state index in [-0.39, 0.29) is 23.2 Å². The zero-order chi connectivity index (χ0) is 26.4. The molecule has 0 bridgehead atoms. The van der Waals surface area contributed by atoms with Gasteiger partial charge in [-0.2, -0.15) is 0 Å². The molecule has 2 heterocycles. The van der Waals surface area contributed by atoms with Gasteiger partial charge < -0.3 is 19.8 Å². The first-order valence-electron chi connectivity index (χ1n) is 12.5. The van der Waals surface area contributed by atoms with Crippen molar-refractivity contribution in [3.8, 4) is 5.75 Å². The summed E-state index contributed by atoms with van der Waals surface area (Å²) in [6, 6.07) is 11.2. The Morgan fingerprint density at radius 3 is 2.73 bits per heavy atom. The first-order chi connectivity index (χ1) is 17.9. The molecule has 4 rings (SSSR count). The normalized spacial score (nSPS) is 19.1. The molecule has 1 aliphatic rings. The second kappa shape index (κ2) is 12.7. The van der Waals surface area contributed by atoms with E-state index >= 15 is 0 Å². The lowest BCUT2D eigenvalue weighted by Crippen LogP contribution is -2.42. The summed E-state index contributed by atoms with van der Waals surface area (Å²) in [5.41, 5.74) is 1.57. The largest absolute Gasteiger partial charge is 0.497 e. The summed E-state index contributed by atoms with van der Waals surface area (Å²) in [7, 11) is 1.60. The van der Waals surface area contributed by atoms with Crippen molar-refractivity contribution in [2.45, 2.75) is 36.7 Å². The second-order valence-corrected chi connectivity index (χ2v) is 10.6. The lowest BCUT2D eigenvalue weighted by atomic mass is 9.79. The summed E-state index contributed by atoms with van der Waals surface area (Å²) < 4.78 is 33.1. The summed E-state index contributed by atoms with van der Waals surface area (Å²) >= 11 is 1.14. The van der Waals surface area contributed by atoms with E-state index in [2.05, 4.69) is 9.88 Å². The highest BCUT2D eigenvalue weighted by atomic mass is 32.2. The number of fused-ring (bicyclic) bond motifs is 1. The Bertz CT molecular complexity index is 1210. The molecule has 0 unspecified atom stereocenters. The number of aliphatic hydroxyl groups excluding tert-OH is 1. The van der Waals surface area contributed by atoms with Crippen molar-refractivity contribution in [2.75, 3.05) is 32.5 Å². The number of carboxylic acid groups (broad SMARTS) is 1. The lowest BCUT2D eigenvalue weighted by molar-refractivity contribution is -0.139.